The van der Waals surface area contributed by atoms with Gasteiger partial charge in [-0.05, 0) is 29.7 Å². The number of hydrogen-bond donors (Lipinski definition) is 6. The van der Waals surface area contributed by atoms with Crippen LogP contribution in [0.1, 0.15) is 25.0 Å². The molecule has 6 N–H and O–H groups in total. The van der Waals surface area contributed by atoms with Crippen molar-refractivity contribution in [3.05, 3.63) is 29.3 Å². The Morgan fingerprint density at radius 2 is 1.58 bits per heavy atom. The lowest BCUT2D eigenvalue weighted by molar-refractivity contribution is -0.109. The van der Waals surface area contributed by atoms with Crippen LogP contribution in [-0.2, 0) is 17.0 Å². The third kappa shape index (κ3) is 10.3. The summed E-state index contributed by atoms with van der Waals surface area (Å²) in [4.78, 5) is 12.8. The zero-order valence-electron chi connectivity index (χ0n) is 18.1. The number of hydrogen-bond acceptors (Lipinski definition) is 10. The molecule has 0 aliphatic carbocycles. The summed E-state index contributed by atoms with van der Waals surface area (Å²) in [6, 6.07) is 5.65. The lowest BCUT2D eigenvalue weighted by atomic mass is 10.1. The minimum atomic E-state index is -1.34. The third-order valence-corrected chi connectivity index (χ3v) is 5.68. The fourth-order valence-electron chi connectivity index (χ4n) is 2.91. The van der Waals surface area contributed by atoms with Gasteiger partial charge in [0.1, 0.15) is 24.6 Å². The predicted octanol–water partition coefficient (Wildman–Crippen LogP) is -0.862. The fourth-order valence-corrected chi connectivity index (χ4v) is 3.55. The second-order valence-corrected chi connectivity index (χ2v) is 8.46. The quantitative estimate of drug-likeness (QED) is 0.195. The summed E-state index contributed by atoms with van der Waals surface area (Å²) < 4.78 is 5.79. The molecule has 0 aromatic heterocycles. The standard InChI is InChI=1S/C21H35NO8S/c1-3-15-8-17(5-4-16(15)13-31-14(2)25)30-7-6-22(9-18(26)20(28)11-23)10-19(27)21(29)12-24/h4-5,8,18-21,23-24,26-29H,3,6-7,9-13H2,1-2H3/t18-,19-,20+,21+/m0/s1. The molecule has 1 rings (SSSR count). The summed E-state index contributed by atoms with van der Waals surface area (Å²) >= 11 is 1.25. The number of thioether (sulfide) groups is 1. The summed E-state index contributed by atoms with van der Waals surface area (Å²) in [7, 11) is 0. The van der Waals surface area contributed by atoms with Gasteiger partial charge in [-0.15, -0.1) is 0 Å². The van der Waals surface area contributed by atoms with Crippen molar-refractivity contribution >= 4 is 16.9 Å². The van der Waals surface area contributed by atoms with E-state index < -0.39 is 37.6 Å². The Morgan fingerprint density at radius 3 is 2.06 bits per heavy atom. The summed E-state index contributed by atoms with van der Waals surface area (Å²) in [6.07, 6.45) is -4.40. The van der Waals surface area contributed by atoms with Crippen LogP contribution in [0.2, 0.25) is 0 Å². The molecular weight excluding hydrogens is 426 g/mol. The van der Waals surface area contributed by atoms with E-state index in [9.17, 15) is 25.2 Å². The Labute approximate surface area is 187 Å². The zero-order chi connectivity index (χ0) is 23.4. The van der Waals surface area contributed by atoms with E-state index in [2.05, 4.69) is 0 Å². The Morgan fingerprint density at radius 1 is 1.00 bits per heavy atom. The first-order valence-electron chi connectivity index (χ1n) is 10.3. The molecule has 4 atom stereocenters. The molecule has 0 heterocycles. The van der Waals surface area contributed by atoms with Crippen LogP contribution in [0.25, 0.3) is 0 Å². The molecule has 0 bridgehead atoms. The molecule has 0 spiro atoms. The van der Waals surface area contributed by atoms with Crippen LogP contribution in [0, 0.1) is 0 Å². The van der Waals surface area contributed by atoms with Crippen molar-refractivity contribution in [2.75, 3.05) is 39.5 Å². The first-order chi connectivity index (χ1) is 14.7. The number of benzene rings is 1. The zero-order valence-corrected chi connectivity index (χ0v) is 18.9. The Balaban J connectivity index is 2.72. The van der Waals surface area contributed by atoms with Gasteiger partial charge in [-0.1, -0.05) is 24.8 Å². The first kappa shape index (κ1) is 27.8. The summed E-state index contributed by atoms with van der Waals surface area (Å²) in [5, 5.41) is 57.2. The summed E-state index contributed by atoms with van der Waals surface area (Å²) in [6.45, 7) is 2.66. The Bertz CT molecular complexity index is 644. The van der Waals surface area contributed by atoms with Gasteiger partial charge in [-0.25, -0.2) is 0 Å². The lowest BCUT2D eigenvalue weighted by Gasteiger charge is -2.29. The smallest absolute Gasteiger partial charge is 0.186 e. The number of aliphatic hydroxyl groups excluding tert-OH is 6. The van der Waals surface area contributed by atoms with Crippen molar-refractivity contribution in [1.29, 1.82) is 0 Å². The second-order valence-electron chi connectivity index (χ2n) is 7.31. The van der Waals surface area contributed by atoms with E-state index in [0.717, 1.165) is 17.5 Å². The molecule has 1 aromatic rings. The fraction of sp³-hybridized carbons (Fsp3) is 0.667. The van der Waals surface area contributed by atoms with Crippen LogP contribution >= 0.6 is 11.8 Å². The van der Waals surface area contributed by atoms with Gasteiger partial charge in [0.05, 0.1) is 25.4 Å². The Kier molecular flexibility index (Phi) is 13.2. The monoisotopic (exact) mass is 461 g/mol. The van der Waals surface area contributed by atoms with Crippen molar-refractivity contribution in [2.24, 2.45) is 0 Å². The maximum absolute atomic E-state index is 11.2. The van der Waals surface area contributed by atoms with Gasteiger partial charge in [-0.2, -0.15) is 0 Å². The van der Waals surface area contributed by atoms with E-state index >= 15 is 0 Å². The predicted molar refractivity (Wildman–Crippen MR) is 118 cm³/mol. The molecule has 0 aliphatic heterocycles. The maximum Gasteiger partial charge on any atom is 0.186 e. The number of aryl methyl sites for hydroxylation is 1. The highest BCUT2D eigenvalue weighted by atomic mass is 32.2. The van der Waals surface area contributed by atoms with Gasteiger partial charge in [0.25, 0.3) is 0 Å². The third-order valence-electron chi connectivity index (χ3n) is 4.82. The molecule has 178 valence electrons. The van der Waals surface area contributed by atoms with E-state index in [1.807, 2.05) is 25.1 Å². The molecule has 1 aromatic carbocycles. The lowest BCUT2D eigenvalue weighted by Crippen LogP contribution is -2.47. The van der Waals surface area contributed by atoms with Crippen LogP contribution in [-0.4, -0.2) is 105 Å². The number of carbonyl (C=O) groups excluding carboxylic acids is 1. The van der Waals surface area contributed by atoms with Gasteiger partial charge in [0.15, 0.2) is 5.12 Å². The molecule has 0 unspecified atom stereocenters. The highest BCUT2D eigenvalue weighted by Gasteiger charge is 2.23. The van der Waals surface area contributed by atoms with Crippen LogP contribution in [0.15, 0.2) is 18.2 Å². The minimum Gasteiger partial charge on any atom is -0.492 e. The Hall–Kier alpha value is -1.24. The van der Waals surface area contributed by atoms with Crippen molar-refractivity contribution in [2.45, 2.75) is 50.4 Å². The van der Waals surface area contributed by atoms with Crippen LogP contribution < -0.4 is 4.74 Å². The molecule has 0 aliphatic rings. The molecule has 0 fully saturated rings. The van der Waals surface area contributed by atoms with E-state index in [4.69, 9.17) is 14.9 Å². The van der Waals surface area contributed by atoms with E-state index in [1.165, 1.54) is 18.7 Å². The van der Waals surface area contributed by atoms with Crippen molar-refractivity contribution in [1.82, 2.24) is 4.90 Å². The average Bonchev–Trinajstić information content (AvgIpc) is 2.76. The molecule has 0 saturated heterocycles. The maximum atomic E-state index is 11.2. The van der Waals surface area contributed by atoms with Crippen molar-refractivity contribution in [3.8, 4) is 5.75 Å². The van der Waals surface area contributed by atoms with Crippen LogP contribution in [0.4, 0.5) is 0 Å². The van der Waals surface area contributed by atoms with Crippen LogP contribution in [0.5, 0.6) is 5.75 Å². The average molecular weight is 462 g/mol. The van der Waals surface area contributed by atoms with E-state index in [1.54, 1.807) is 4.90 Å². The molecule has 9 nitrogen and oxygen atoms in total. The summed E-state index contributed by atoms with van der Waals surface area (Å²) in [5.41, 5.74) is 2.14. The number of aliphatic hydroxyl groups is 6. The number of carbonyl (C=O) groups is 1. The molecule has 0 radical (unpaired) electrons. The largest absolute Gasteiger partial charge is 0.492 e. The topological polar surface area (TPSA) is 151 Å². The van der Waals surface area contributed by atoms with E-state index in [-0.39, 0.29) is 31.4 Å². The second kappa shape index (κ2) is 14.8. The number of rotatable bonds is 15. The van der Waals surface area contributed by atoms with Gasteiger partial charge in [0.2, 0.25) is 0 Å². The highest BCUT2D eigenvalue weighted by molar-refractivity contribution is 8.12. The van der Waals surface area contributed by atoms with Gasteiger partial charge in [-0.3, -0.25) is 9.69 Å². The highest BCUT2D eigenvalue weighted by Crippen LogP contribution is 2.23. The molecule has 31 heavy (non-hydrogen) atoms. The van der Waals surface area contributed by atoms with Crippen molar-refractivity contribution < 1.29 is 40.2 Å². The van der Waals surface area contributed by atoms with Gasteiger partial charge < -0.3 is 35.4 Å². The van der Waals surface area contributed by atoms with Crippen LogP contribution in [0.3, 0.4) is 0 Å². The molecule has 0 amide bonds. The number of nitrogens with zero attached hydrogens (tertiary/aromatic N) is 1. The van der Waals surface area contributed by atoms with Gasteiger partial charge in [0, 0.05) is 32.3 Å². The minimum absolute atomic E-state index is 0.0597. The first-order valence-corrected chi connectivity index (χ1v) is 11.2. The normalized spacial score (nSPS) is 15.5. The SMILES string of the molecule is CCc1cc(OCCN(C[C@H](O)[C@H](O)CO)C[C@H](O)[C@H](O)CO)ccc1CSC(C)=O. The number of ether oxygens (including phenoxy) is 1. The van der Waals surface area contributed by atoms with E-state index in [0.29, 0.717) is 11.5 Å². The van der Waals surface area contributed by atoms with Gasteiger partial charge >= 0.3 is 0 Å². The molecule has 10 heteroatoms. The molecule has 0 saturated carbocycles. The molecular formula is C21H35NO8S. The summed E-state index contributed by atoms with van der Waals surface area (Å²) in [5.74, 6) is 1.24. The van der Waals surface area contributed by atoms with Crippen molar-refractivity contribution in [3.63, 3.8) is 0 Å².